The van der Waals surface area contributed by atoms with Gasteiger partial charge < -0.3 is 19.9 Å². The summed E-state index contributed by atoms with van der Waals surface area (Å²) in [7, 11) is 5.80. The van der Waals surface area contributed by atoms with Crippen LogP contribution in [0.4, 0.5) is 5.82 Å². The van der Waals surface area contributed by atoms with Crippen molar-refractivity contribution in [3.8, 4) is 5.75 Å². The maximum absolute atomic E-state index is 12.9. The first-order valence-electron chi connectivity index (χ1n) is 11.8. The van der Waals surface area contributed by atoms with E-state index in [-0.39, 0.29) is 5.91 Å². The van der Waals surface area contributed by atoms with Crippen LogP contribution >= 0.6 is 0 Å². The number of piperazine rings is 1. The highest BCUT2D eigenvalue weighted by molar-refractivity contribution is 5.94. The Balaban J connectivity index is 1.37. The lowest BCUT2D eigenvalue weighted by molar-refractivity contribution is 0.0625. The summed E-state index contributed by atoms with van der Waals surface area (Å²) in [5.74, 6) is 2.52. The minimum absolute atomic E-state index is 0.0634. The average molecular weight is 463 g/mol. The highest BCUT2D eigenvalue weighted by Crippen LogP contribution is 2.21. The van der Waals surface area contributed by atoms with Gasteiger partial charge in [0.1, 0.15) is 17.4 Å². The molecule has 3 aromatic rings. The lowest BCUT2D eigenvalue weighted by Crippen LogP contribution is -2.48. The first-order chi connectivity index (χ1) is 16.5. The summed E-state index contributed by atoms with van der Waals surface area (Å²) in [6.07, 6.45) is 1.05. The van der Waals surface area contributed by atoms with Crippen molar-refractivity contribution < 1.29 is 9.53 Å². The summed E-state index contributed by atoms with van der Waals surface area (Å²) in [5.41, 5.74) is 1.65. The fourth-order valence-electron chi connectivity index (χ4n) is 4.16. The van der Waals surface area contributed by atoms with Gasteiger partial charge in [0.2, 0.25) is 0 Å². The first-order valence-corrected chi connectivity index (χ1v) is 11.8. The Kier molecular flexibility index (Phi) is 7.92. The van der Waals surface area contributed by atoms with Crippen molar-refractivity contribution in [1.82, 2.24) is 24.7 Å². The molecule has 0 radical (unpaired) electrons. The zero-order chi connectivity index (χ0) is 23.9. The molecule has 2 aromatic carbocycles. The Morgan fingerprint density at radius 3 is 2.47 bits per heavy atom. The van der Waals surface area contributed by atoms with Gasteiger partial charge in [0.25, 0.3) is 5.91 Å². The molecule has 0 spiro atoms. The number of carbonyl (C=O) groups is 1. The van der Waals surface area contributed by atoms with Crippen LogP contribution in [0.15, 0.2) is 48.5 Å². The standard InChI is InChI=1S/C26H34N6O2/c1-30(2)14-6-13-27-25-22-7-4-5-8-23(22)28-24(29-25)19-31-15-17-32(18-16-31)26(33)20-9-11-21(34-3)12-10-20/h4-5,7-12H,6,13-19H2,1-3H3,(H,27,28,29). The lowest BCUT2D eigenvalue weighted by Gasteiger charge is -2.34. The number of hydrogen-bond acceptors (Lipinski definition) is 7. The molecule has 0 atom stereocenters. The van der Waals surface area contributed by atoms with Crippen LogP contribution in [0.5, 0.6) is 5.75 Å². The van der Waals surface area contributed by atoms with Gasteiger partial charge in [-0.25, -0.2) is 9.97 Å². The molecule has 0 aliphatic carbocycles. The van der Waals surface area contributed by atoms with Crippen molar-refractivity contribution in [3.63, 3.8) is 0 Å². The lowest BCUT2D eigenvalue weighted by atomic mass is 10.1. The summed E-state index contributed by atoms with van der Waals surface area (Å²) >= 11 is 0. The molecule has 1 aliphatic rings. The maximum Gasteiger partial charge on any atom is 0.253 e. The minimum atomic E-state index is 0.0634. The molecule has 1 N–H and O–H groups in total. The smallest absolute Gasteiger partial charge is 0.253 e. The molecule has 1 saturated heterocycles. The highest BCUT2D eigenvalue weighted by Gasteiger charge is 2.23. The molecule has 1 fully saturated rings. The van der Waals surface area contributed by atoms with Gasteiger partial charge in [-0.15, -0.1) is 0 Å². The van der Waals surface area contributed by atoms with Crippen molar-refractivity contribution >= 4 is 22.6 Å². The number of para-hydroxylation sites is 1. The zero-order valence-corrected chi connectivity index (χ0v) is 20.3. The van der Waals surface area contributed by atoms with Crippen LogP contribution in [-0.4, -0.2) is 91.0 Å². The Morgan fingerprint density at radius 1 is 1.03 bits per heavy atom. The number of hydrogen-bond donors (Lipinski definition) is 1. The van der Waals surface area contributed by atoms with E-state index in [4.69, 9.17) is 14.7 Å². The third-order valence-electron chi connectivity index (χ3n) is 6.09. The number of nitrogens with one attached hydrogen (secondary N) is 1. The van der Waals surface area contributed by atoms with Gasteiger partial charge in [-0.1, -0.05) is 12.1 Å². The molecule has 2 heterocycles. The van der Waals surface area contributed by atoms with Gasteiger partial charge in [0, 0.05) is 43.7 Å². The largest absolute Gasteiger partial charge is 0.497 e. The van der Waals surface area contributed by atoms with Crippen molar-refractivity contribution in [2.24, 2.45) is 0 Å². The fourth-order valence-corrected chi connectivity index (χ4v) is 4.16. The first kappa shape index (κ1) is 23.9. The maximum atomic E-state index is 12.9. The van der Waals surface area contributed by atoms with Crippen molar-refractivity contribution in [2.45, 2.75) is 13.0 Å². The molecule has 8 nitrogen and oxygen atoms in total. The fraction of sp³-hybridized carbons (Fsp3) is 0.423. The number of anilines is 1. The quantitative estimate of drug-likeness (QED) is 0.490. The molecule has 0 unspecified atom stereocenters. The number of nitrogens with zero attached hydrogens (tertiary/aromatic N) is 5. The third kappa shape index (κ3) is 6.01. The number of carbonyl (C=O) groups excluding carboxylic acids is 1. The van der Waals surface area contributed by atoms with E-state index in [1.165, 1.54) is 0 Å². The van der Waals surface area contributed by atoms with Crippen molar-refractivity contribution in [3.05, 3.63) is 59.9 Å². The minimum Gasteiger partial charge on any atom is -0.497 e. The van der Waals surface area contributed by atoms with Gasteiger partial charge in [-0.2, -0.15) is 0 Å². The van der Waals surface area contributed by atoms with E-state index in [0.29, 0.717) is 25.2 Å². The normalized spacial score (nSPS) is 14.5. The molecule has 8 heteroatoms. The molecule has 4 rings (SSSR count). The molecule has 1 aromatic heterocycles. The van der Waals surface area contributed by atoms with E-state index < -0.39 is 0 Å². The summed E-state index contributed by atoms with van der Waals surface area (Å²) in [6.45, 7) is 5.53. The molecule has 0 saturated carbocycles. The predicted octanol–water partition coefficient (Wildman–Crippen LogP) is 2.96. The molecule has 1 amide bonds. The van der Waals surface area contributed by atoms with Crippen molar-refractivity contribution in [2.75, 3.05) is 65.8 Å². The number of methoxy groups -OCH3 is 1. The van der Waals surface area contributed by atoms with Crippen LogP contribution in [0, 0.1) is 0 Å². The zero-order valence-electron chi connectivity index (χ0n) is 20.3. The SMILES string of the molecule is COc1ccc(C(=O)N2CCN(Cc3nc(NCCCN(C)C)c4ccccc4n3)CC2)cc1. The van der Waals surface area contributed by atoms with Gasteiger partial charge in [-0.3, -0.25) is 9.69 Å². The summed E-state index contributed by atoms with van der Waals surface area (Å²) in [5, 5.41) is 4.56. The topological polar surface area (TPSA) is 73.8 Å². The summed E-state index contributed by atoms with van der Waals surface area (Å²) < 4.78 is 5.19. The van der Waals surface area contributed by atoms with E-state index in [9.17, 15) is 4.79 Å². The van der Waals surface area contributed by atoms with E-state index in [0.717, 1.165) is 60.9 Å². The molecule has 180 valence electrons. The molecule has 0 bridgehead atoms. The Hall–Kier alpha value is -3.23. The van der Waals surface area contributed by atoms with E-state index in [1.54, 1.807) is 7.11 Å². The van der Waals surface area contributed by atoms with Crippen LogP contribution < -0.4 is 10.1 Å². The Labute approximate surface area is 201 Å². The Morgan fingerprint density at radius 2 is 1.76 bits per heavy atom. The summed E-state index contributed by atoms with van der Waals surface area (Å²) in [4.78, 5) is 28.9. The van der Waals surface area contributed by atoms with Crippen LogP contribution in [0.3, 0.4) is 0 Å². The van der Waals surface area contributed by atoms with Crippen LogP contribution in [0.2, 0.25) is 0 Å². The monoisotopic (exact) mass is 462 g/mol. The molecule has 34 heavy (non-hydrogen) atoms. The van der Waals surface area contributed by atoms with Gasteiger partial charge >= 0.3 is 0 Å². The molecular formula is C26H34N6O2. The number of ether oxygens (including phenoxy) is 1. The number of fused-ring (bicyclic) bond motifs is 1. The van der Waals surface area contributed by atoms with Gasteiger partial charge in [-0.05, 0) is 63.5 Å². The van der Waals surface area contributed by atoms with Crippen LogP contribution in [-0.2, 0) is 6.54 Å². The van der Waals surface area contributed by atoms with Gasteiger partial charge in [0.05, 0.1) is 19.2 Å². The van der Waals surface area contributed by atoms with Crippen molar-refractivity contribution in [1.29, 1.82) is 0 Å². The number of rotatable bonds is 9. The molecular weight excluding hydrogens is 428 g/mol. The second kappa shape index (κ2) is 11.3. The second-order valence-electron chi connectivity index (χ2n) is 8.89. The number of amides is 1. The predicted molar refractivity (Wildman–Crippen MR) is 135 cm³/mol. The van der Waals surface area contributed by atoms with Gasteiger partial charge in [0.15, 0.2) is 0 Å². The third-order valence-corrected chi connectivity index (χ3v) is 6.09. The number of aromatic nitrogens is 2. The average Bonchev–Trinajstić information content (AvgIpc) is 2.86. The highest BCUT2D eigenvalue weighted by atomic mass is 16.5. The van der Waals surface area contributed by atoms with E-state index in [2.05, 4.69) is 35.3 Å². The van der Waals surface area contributed by atoms with Crippen LogP contribution in [0.25, 0.3) is 10.9 Å². The summed E-state index contributed by atoms with van der Waals surface area (Å²) in [6, 6.07) is 15.4. The van der Waals surface area contributed by atoms with E-state index >= 15 is 0 Å². The number of benzene rings is 2. The van der Waals surface area contributed by atoms with Crippen LogP contribution in [0.1, 0.15) is 22.6 Å². The molecule has 1 aliphatic heterocycles. The second-order valence-corrected chi connectivity index (χ2v) is 8.89. The van der Waals surface area contributed by atoms with E-state index in [1.807, 2.05) is 47.4 Å². The Bertz CT molecular complexity index is 1090.